The zero-order valence-electron chi connectivity index (χ0n) is 12.3. The topological polar surface area (TPSA) is 30.5 Å². The molecular formula is C16H23NO2S. The molecule has 20 heavy (non-hydrogen) atoms. The zero-order valence-corrected chi connectivity index (χ0v) is 13.1. The fourth-order valence-corrected chi connectivity index (χ4v) is 3.33. The smallest absolute Gasteiger partial charge is 0.162 e. The van der Waals surface area contributed by atoms with Crippen molar-refractivity contribution >= 4 is 11.8 Å². The van der Waals surface area contributed by atoms with E-state index in [-0.39, 0.29) is 0 Å². The number of hydrogen-bond donors (Lipinski definition) is 1. The number of hydrogen-bond acceptors (Lipinski definition) is 4. The maximum atomic E-state index is 5.68. The first-order chi connectivity index (χ1) is 9.78. The molecule has 1 heterocycles. The minimum absolute atomic E-state index is 0.650. The van der Waals surface area contributed by atoms with E-state index in [0.717, 1.165) is 36.4 Å². The molecule has 1 fully saturated rings. The van der Waals surface area contributed by atoms with Gasteiger partial charge in [-0.2, -0.15) is 0 Å². The molecule has 1 saturated carbocycles. The van der Waals surface area contributed by atoms with E-state index in [1.807, 2.05) is 0 Å². The molecule has 1 atom stereocenters. The van der Waals surface area contributed by atoms with Crippen molar-refractivity contribution in [1.29, 1.82) is 0 Å². The Morgan fingerprint density at radius 3 is 2.60 bits per heavy atom. The van der Waals surface area contributed by atoms with Crippen molar-refractivity contribution in [3.05, 3.63) is 17.7 Å². The van der Waals surface area contributed by atoms with Crippen LogP contribution >= 0.6 is 11.8 Å². The second-order valence-electron chi connectivity index (χ2n) is 5.75. The van der Waals surface area contributed by atoms with Crippen LogP contribution in [0.3, 0.4) is 0 Å². The van der Waals surface area contributed by atoms with E-state index in [1.54, 1.807) is 11.8 Å². The molecule has 0 amide bonds. The Labute approximate surface area is 125 Å². The first kappa shape index (κ1) is 14.1. The molecule has 1 unspecified atom stereocenters. The molecule has 3 nitrogen and oxygen atoms in total. The van der Waals surface area contributed by atoms with Crippen molar-refractivity contribution < 1.29 is 9.47 Å². The Morgan fingerprint density at radius 1 is 1.25 bits per heavy atom. The average molecular weight is 293 g/mol. The summed E-state index contributed by atoms with van der Waals surface area (Å²) in [6.45, 7) is 5.66. The van der Waals surface area contributed by atoms with Gasteiger partial charge in [-0.05, 0) is 55.2 Å². The Morgan fingerprint density at radius 2 is 1.95 bits per heavy atom. The lowest BCUT2D eigenvalue weighted by molar-refractivity contribution is 0.171. The highest BCUT2D eigenvalue weighted by Crippen LogP contribution is 2.37. The normalized spacial score (nSPS) is 18.9. The molecule has 3 rings (SSSR count). The fraction of sp³-hybridized carbons (Fsp3) is 0.625. The van der Waals surface area contributed by atoms with Crippen LogP contribution in [0.1, 0.15) is 25.3 Å². The largest absolute Gasteiger partial charge is 0.486 e. The molecule has 110 valence electrons. The van der Waals surface area contributed by atoms with Gasteiger partial charge in [-0.15, -0.1) is 11.8 Å². The molecule has 0 radical (unpaired) electrons. The molecular weight excluding hydrogens is 270 g/mol. The molecule has 0 spiro atoms. The van der Waals surface area contributed by atoms with E-state index >= 15 is 0 Å². The molecule has 0 bridgehead atoms. The van der Waals surface area contributed by atoms with Gasteiger partial charge in [0.2, 0.25) is 0 Å². The lowest BCUT2D eigenvalue weighted by atomic mass is 10.1. The molecule has 1 aliphatic carbocycles. The van der Waals surface area contributed by atoms with Crippen LogP contribution in [0.15, 0.2) is 17.0 Å². The Kier molecular flexibility index (Phi) is 4.41. The van der Waals surface area contributed by atoms with Gasteiger partial charge in [-0.25, -0.2) is 0 Å². The summed E-state index contributed by atoms with van der Waals surface area (Å²) in [5.41, 5.74) is 1.31. The van der Waals surface area contributed by atoms with Crippen LogP contribution in [0.25, 0.3) is 0 Å². The quantitative estimate of drug-likeness (QED) is 0.815. The average Bonchev–Trinajstić information content (AvgIpc) is 3.31. The van der Waals surface area contributed by atoms with E-state index in [1.165, 1.54) is 23.3 Å². The molecule has 1 aromatic rings. The third-order valence-corrected chi connectivity index (χ3v) is 4.97. The van der Waals surface area contributed by atoms with Crippen LogP contribution in [0.2, 0.25) is 0 Å². The Balaban J connectivity index is 1.64. The highest BCUT2D eigenvalue weighted by Gasteiger charge is 2.27. The number of rotatable bonds is 6. The first-order valence-corrected chi connectivity index (χ1v) is 8.67. The van der Waals surface area contributed by atoms with Gasteiger partial charge in [0.15, 0.2) is 11.5 Å². The molecule has 1 aromatic carbocycles. The van der Waals surface area contributed by atoms with Gasteiger partial charge in [-0.3, -0.25) is 0 Å². The first-order valence-electron chi connectivity index (χ1n) is 7.45. The number of thioether (sulfide) groups is 1. The predicted octanol–water partition coefficient (Wildman–Crippen LogP) is 3.32. The number of nitrogens with one attached hydrogen (secondary N) is 1. The molecule has 0 aromatic heterocycles. The monoisotopic (exact) mass is 293 g/mol. The number of ether oxygens (including phenoxy) is 2. The Hall–Kier alpha value is -0.870. The van der Waals surface area contributed by atoms with Gasteiger partial charge in [0.05, 0.1) is 0 Å². The molecule has 1 aliphatic heterocycles. The van der Waals surface area contributed by atoms with Crippen molar-refractivity contribution in [2.45, 2.75) is 31.2 Å². The maximum absolute atomic E-state index is 5.68. The summed E-state index contributed by atoms with van der Waals surface area (Å²) in [6.07, 6.45) is 4.95. The SMILES string of the molecule is CSc1cc2c(cc1CNCC(C)C1CC1)OCCO2. The number of benzene rings is 1. The van der Waals surface area contributed by atoms with Crippen molar-refractivity contribution in [3.63, 3.8) is 0 Å². The van der Waals surface area contributed by atoms with Crippen LogP contribution in [0.5, 0.6) is 11.5 Å². The minimum Gasteiger partial charge on any atom is -0.486 e. The summed E-state index contributed by atoms with van der Waals surface area (Å²) >= 11 is 1.77. The van der Waals surface area contributed by atoms with Crippen LogP contribution in [-0.2, 0) is 6.54 Å². The summed E-state index contributed by atoms with van der Waals surface area (Å²) in [5.74, 6) is 3.53. The van der Waals surface area contributed by atoms with Crippen molar-refractivity contribution in [1.82, 2.24) is 5.32 Å². The third-order valence-electron chi connectivity index (χ3n) is 4.15. The molecule has 1 N–H and O–H groups in total. The molecule has 4 heteroatoms. The lowest BCUT2D eigenvalue weighted by Gasteiger charge is -2.21. The van der Waals surface area contributed by atoms with E-state index < -0.39 is 0 Å². The molecule has 0 saturated heterocycles. The van der Waals surface area contributed by atoms with Crippen molar-refractivity contribution in [2.75, 3.05) is 26.0 Å². The zero-order chi connectivity index (χ0) is 13.9. The van der Waals surface area contributed by atoms with Crippen LogP contribution in [0, 0.1) is 11.8 Å². The lowest BCUT2D eigenvalue weighted by Crippen LogP contribution is -2.22. The van der Waals surface area contributed by atoms with E-state index in [2.05, 4.69) is 30.6 Å². The Bertz CT molecular complexity index is 474. The van der Waals surface area contributed by atoms with E-state index in [4.69, 9.17) is 9.47 Å². The summed E-state index contributed by atoms with van der Waals surface area (Å²) in [4.78, 5) is 1.28. The van der Waals surface area contributed by atoms with Crippen molar-refractivity contribution in [2.24, 2.45) is 11.8 Å². The number of fused-ring (bicyclic) bond motifs is 1. The van der Waals surface area contributed by atoms with Gasteiger partial charge in [0, 0.05) is 11.4 Å². The maximum Gasteiger partial charge on any atom is 0.162 e. The predicted molar refractivity (Wildman–Crippen MR) is 82.8 cm³/mol. The van der Waals surface area contributed by atoms with Gasteiger partial charge in [0.1, 0.15) is 13.2 Å². The third kappa shape index (κ3) is 3.23. The van der Waals surface area contributed by atoms with Crippen LogP contribution in [0.4, 0.5) is 0 Å². The summed E-state index contributed by atoms with van der Waals surface area (Å²) in [7, 11) is 0. The second kappa shape index (κ2) is 6.27. The van der Waals surface area contributed by atoms with Gasteiger partial charge >= 0.3 is 0 Å². The van der Waals surface area contributed by atoms with Crippen molar-refractivity contribution in [3.8, 4) is 11.5 Å². The van der Waals surface area contributed by atoms with Crippen LogP contribution < -0.4 is 14.8 Å². The van der Waals surface area contributed by atoms with Crippen LogP contribution in [-0.4, -0.2) is 26.0 Å². The van der Waals surface area contributed by atoms with Gasteiger partial charge in [-0.1, -0.05) is 6.92 Å². The summed E-state index contributed by atoms with van der Waals surface area (Å²) in [5, 5.41) is 3.59. The van der Waals surface area contributed by atoms with E-state index in [9.17, 15) is 0 Å². The molecule has 2 aliphatic rings. The summed E-state index contributed by atoms with van der Waals surface area (Å²) < 4.78 is 11.3. The highest BCUT2D eigenvalue weighted by atomic mass is 32.2. The second-order valence-corrected chi connectivity index (χ2v) is 6.60. The standard InChI is InChI=1S/C16H23NO2S/c1-11(12-3-4-12)9-17-10-13-7-14-15(8-16(13)20-2)19-6-5-18-14/h7-8,11-12,17H,3-6,9-10H2,1-2H3. The summed E-state index contributed by atoms with van der Waals surface area (Å²) in [6, 6.07) is 4.25. The van der Waals surface area contributed by atoms with Gasteiger partial charge in [0.25, 0.3) is 0 Å². The van der Waals surface area contributed by atoms with Gasteiger partial charge < -0.3 is 14.8 Å². The highest BCUT2D eigenvalue weighted by molar-refractivity contribution is 7.98. The van der Waals surface area contributed by atoms with E-state index in [0.29, 0.717) is 13.2 Å². The fourth-order valence-electron chi connectivity index (χ4n) is 2.71. The minimum atomic E-state index is 0.650.